The molecule has 6 heteroatoms. The van der Waals surface area contributed by atoms with E-state index in [1.807, 2.05) is 20.8 Å². The van der Waals surface area contributed by atoms with Crippen molar-refractivity contribution in [2.45, 2.75) is 45.3 Å². The third-order valence-corrected chi connectivity index (χ3v) is 4.03. The van der Waals surface area contributed by atoms with Crippen molar-refractivity contribution in [3.63, 3.8) is 0 Å². The zero-order valence-electron chi connectivity index (χ0n) is 13.2. The molecule has 1 atom stereocenters. The molecule has 1 aliphatic rings. The molecule has 1 fully saturated rings. The zero-order valence-corrected chi connectivity index (χ0v) is 14.7. The van der Waals surface area contributed by atoms with Crippen LogP contribution in [0.15, 0.2) is 18.2 Å². The van der Waals surface area contributed by atoms with Crippen LogP contribution in [0.2, 0.25) is 10.0 Å². The van der Waals surface area contributed by atoms with Crippen molar-refractivity contribution in [3.8, 4) is 0 Å². The molecule has 1 heterocycles. The number of hydrogen-bond donors (Lipinski definition) is 1. The molecule has 1 unspecified atom stereocenters. The average molecular weight is 345 g/mol. The van der Waals surface area contributed by atoms with E-state index < -0.39 is 5.60 Å². The minimum atomic E-state index is -0.478. The molecule has 2 rings (SSSR count). The summed E-state index contributed by atoms with van der Waals surface area (Å²) in [5, 5.41) is 4.52. The second kappa shape index (κ2) is 6.97. The van der Waals surface area contributed by atoms with Crippen LogP contribution in [-0.4, -0.2) is 35.7 Å². The Balaban J connectivity index is 1.97. The number of hydrogen-bond acceptors (Lipinski definition) is 3. The highest BCUT2D eigenvalue weighted by Gasteiger charge is 2.31. The molecule has 0 aromatic heterocycles. The summed E-state index contributed by atoms with van der Waals surface area (Å²) in [7, 11) is 0. The monoisotopic (exact) mass is 344 g/mol. The minimum absolute atomic E-state index is 0.102. The number of rotatable bonds is 3. The third-order valence-electron chi connectivity index (χ3n) is 3.46. The van der Waals surface area contributed by atoms with Crippen molar-refractivity contribution in [1.82, 2.24) is 4.90 Å². The van der Waals surface area contributed by atoms with E-state index in [9.17, 15) is 4.79 Å². The van der Waals surface area contributed by atoms with Crippen molar-refractivity contribution in [3.05, 3.63) is 28.2 Å². The first kappa shape index (κ1) is 17.2. The Bertz CT molecular complexity index is 543. The Kier molecular flexibility index (Phi) is 5.45. The Hall–Kier alpha value is -1.13. The van der Waals surface area contributed by atoms with Crippen LogP contribution in [-0.2, 0) is 4.74 Å². The Labute approximate surface area is 141 Å². The van der Waals surface area contributed by atoms with Crippen LogP contribution in [0.4, 0.5) is 10.5 Å². The Morgan fingerprint density at radius 1 is 1.41 bits per heavy atom. The maximum Gasteiger partial charge on any atom is 0.410 e. The minimum Gasteiger partial charge on any atom is -0.444 e. The van der Waals surface area contributed by atoms with Gasteiger partial charge in [-0.3, -0.25) is 0 Å². The summed E-state index contributed by atoms with van der Waals surface area (Å²) in [5.41, 5.74) is 0.304. The molecule has 1 saturated heterocycles. The SMILES string of the molecule is CC(C)(C)OC(=O)N1CCCC1CNc1cc(Cl)ccc1Cl. The molecule has 1 aliphatic heterocycles. The van der Waals surface area contributed by atoms with Crippen LogP contribution < -0.4 is 5.32 Å². The first-order chi connectivity index (χ1) is 10.3. The largest absolute Gasteiger partial charge is 0.444 e. The van der Waals surface area contributed by atoms with Gasteiger partial charge in [-0.25, -0.2) is 4.79 Å². The van der Waals surface area contributed by atoms with Crippen molar-refractivity contribution in [2.24, 2.45) is 0 Å². The number of nitrogens with one attached hydrogen (secondary N) is 1. The van der Waals surface area contributed by atoms with Crippen LogP contribution in [0.1, 0.15) is 33.6 Å². The molecular weight excluding hydrogens is 323 g/mol. The van der Waals surface area contributed by atoms with Gasteiger partial charge in [0.05, 0.1) is 16.8 Å². The lowest BCUT2D eigenvalue weighted by molar-refractivity contribution is 0.0235. The number of likely N-dealkylation sites (tertiary alicyclic amines) is 1. The van der Waals surface area contributed by atoms with Gasteiger partial charge in [0.2, 0.25) is 0 Å². The molecule has 0 bridgehead atoms. The average Bonchev–Trinajstić information content (AvgIpc) is 2.86. The first-order valence-corrected chi connectivity index (χ1v) is 8.20. The normalized spacial score (nSPS) is 18.4. The van der Waals surface area contributed by atoms with E-state index in [0.29, 0.717) is 16.6 Å². The van der Waals surface area contributed by atoms with Gasteiger partial charge < -0.3 is 15.0 Å². The highest BCUT2D eigenvalue weighted by molar-refractivity contribution is 6.35. The molecule has 4 nitrogen and oxygen atoms in total. The standard InChI is InChI=1S/C16H22Cl2N2O2/c1-16(2,3)22-15(21)20-8-4-5-12(20)10-19-14-9-11(17)6-7-13(14)18/h6-7,9,12,19H,4-5,8,10H2,1-3H3. The summed E-state index contributed by atoms with van der Waals surface area (Å²) in [6, 6.07) is 5.39. The summed E-state index contributed by atoms with van der Waals surface area (Å²) in [4.78, 5) is 14.0. The van der Waals surface area contributed by atoms with E-state index in [-0.39, 0.29) is 12.1 Å². The zero-order chi connectivity index (χ0) is 16.3. The molecule has 1 aromatic rings. The van der Waals surface area contributed by atoms with Crippen molar-refractivity contribution in [2.75, 3.05) is 18.4 Å². The van der Waals surface area contributed by atoms with Crippen LogP contribution in [0, 0.1) is 0 Å². The lowest BCUT2D eigenvalue weighted by atomic mass is 10.2. The molecule has 1 N–H and O–H groups in total. The fourth-order valence-corrected chi connectivity index (χ4v) is 2.83. The van der Waals surface area contributed by atoms with Gasteiger partial charge in [-0.15, -0.1) is 0 Å². The number of ether oxygens (including phenoxy) is 1. The van der Waals surface area contributed by atoms with E-state index >= 15 is 0 Å². The quantitative estimate of drug-likeness (QED) is 0.855. The summed E-state index contributed by atoms with van der Waals surface area (Å²) < 4.78 is 5.46. The maximum absolute atomic E-state index is 12.2. The highest BCUT2D eigenvalue weighted by Crippen LogP contribution is 2.27. The van der Waals surface area contributed by atoms with E-state index in [1.165, 1.54) is 0 Å². The Morgan fingerprint density at radius 2 is 2.14 bits per heavy atom. The molecule has 1 amide bonds. The molecule has 22 heavy (non-hydrogen) atoms. The number of benzene rings is 1. The first-order valence-electron chi connectivity index (χ1n) is 7.45. The van der Waals surface area contributed by atoms with Crippen molar-refractivity contribution < 1.29 is 9.53 Å². The lowest BCUT2D eigenvalue weighted by Crippen LogP contribution is -2.42. The number of nitrogens with zero attached hydrogens (tertiary/aromatic N) is 1. The van der Waals surface area contributed by atoms with Crippen LogP contribution in [0.5, 0.6) is 0 Å². The molecule has 0 saturated carbocycles. The van der Waals surface area contributed by atoms with Gasteiger partial charge >= 0.3 is 6.09 Å². The Morgan fingerprint density at radius 3 is 2.82 bits per heavy atom. The molecule has 0 radical (unpaired) electrons. The predicted octanol–water partition coefficient (Wildman–Crippen LogP) is 4.80. The van der Waals surface area contributed by atoms with E-state index in [1.54, 1.807) is 23.1 Å². The van der Waals surface area contributed by atoms with Crippen molar-refractivity contribution in [1.29, 1.82) is 0 Å². The van der Waals surface area contributed by atoms with Crippen LogP contribution in [0.25, 0.3) is 0 Å². The number of carbonyl (C=O) groups excluding carboxylic acids is 1. The topological polar surface area (TPSA) is 41.6 Å². The lowest BCUT2D eigenvalue weighted by Gasteiger charge is -2.29. The van der Waals surface area contributed by atoms with Gasteiger partial charge in [-0.2, -0.15) is 0 Å². The fraction of sp³-hybridized carbons (Fsp3) is 0.562. The summed E-state index contributed by atoms with van der Waals surface area (Å²) in [5.74, 6) is 0. The van der Waals surface area contributed by atoms with Gasteiger partial charge in [0.1, 0.15) is 5.60 Å². The number of halogens is 2. The van der Waals surface area contributed by atoms with Gasteiger partial charge in [0.25, 0.3) is 0 Å². The van der Waals surface area contributed by atoms with Crippen LogP contribution >= 0.6 is 23.2 Å². The second-order valence-corrected chi connectivity index (χ2v) is 7.32. The number of amides is 1. The summed E-state index contributed by atoms with van der Waals surface area (Å²) in [6.45, 7) is 6.98. The summed E-state index contributed by atoms with van der Waals surface area (Å²) in [6.07, 6.45) is 1.67. The predicted molar refractivity (Wildman–Crippen MR) is 90.9 cm³/mol. The van der Waals surface area contributed by atoms with Gasteiger partial charge in [-0.1, -0.05) is 23.2 Å². The van der Waals surface area contributed by atoms with Crippen molar-refractivity contribution >= 4 is 35.0 Å². The molecule has 1 aromatic carbocycles. The fourth-order valence-electron chi connectivity index (χ4n) is 2.47. The molecular formula is C16H22Cl2N2O2. The van der Waals surface area contributed by atoms with E-state index in [2.05, 4.69) is 5.32 Å². The summed E-state index contributed by atoms with van der Waals surface area (Å²) >= 11 is 12.1. The highest BCUT2D eigenvalue weighted by atomic mass is 35.5. The van der Waals surface area contributed by atoms with Gasteiger partial charge in [0.15, 0.2) is 0 Å². The molecule has 0 aliphatic carbocycles. The van der Waals surface area contributed by atoms with Crippen LogP contribution in [0.3, 0.4) is 0 Å². The van der Waals surface area contributed by atoms with Gasteiger partial charge in [-0.05, 0) is 51.8 Å². The van der Waals surface area contributed by atoms with E-state index in [4.69, 9.17) is 27.9 Å². The van der Waals surface area contributed by atoms with Gasteiger partial charge in [0, 0.05) is 18.1 Å². The second-order valence-electron chi connectivity index (χ2n) is 6.47. The maximum atomic E-state index is 12.2. The van der Waals surface area contributed by atoms with E-state index in [0.717, 1.165) is 25.1 Å². The number of carbonyl (C=O) groups is 1. The smallest absolute Gasteiger partial charge is 0.410 e. The molecule has 122 valence electrons. The third kappa shape index (κ3) is 4.68. The number of anilines is 1. The molecule has 0 spiro atoms.